The molecule has 3 fully saturated rings. The SMILES string of the molecule is CNC1C(CN2CC3CCC2C3)CCCC1(C)C. The molecule has 2 bridgehead atoms. The molecular weight excluding hydrogens is 220 g/mol. The van der Waals surface area contributed by atoms with Gasteiger partial charge in [0.1, 0.15) is 0 Å². The van der Waals surface area contributed by atoms with E-state index in [4.69, 9.17) is 0 Å². The highest BCUT2D eigenvalue weighted by Gasteiger charge is 2.42. The fourth-order valence-electron chi connectivity index (χ4n) is 5.15. The molecule has 1 heterocycles. The van der Waals surface area contributed by atoms with Gasteiger partial charge in [0.2, 0.25) is 0 Å². The van der Waals surface area contributed by atoms with Crippen LogP contribution in [-0.2, 0) is 0 Å². The van der Waals surface area contributed by atoms with Crippen molar-refractivity contribution in [2.75, 3.05) is 20.1 Å². The summed E-state index contributed by atoms with van der Waals surface area (Å²) in [6, 6.07) is 1.66. The third-order valence-corrected chi connectivity index (χ3v) is 6.01. The molecule has 3 rings (SSSR count). The van der Waals surface area contributed by atoms with E-state index in [-0.39, 0.29) is 0 Å². The van der Waals surface area contributed by atoms with Crippen molar-refractivity contribution >= 4 is 0 Å². The summed E-state index contributed by atoms with van der Waals surface area (Å²) in [6.07, 6.45) is 8.74. The summed E-state index contributed by atoms with van der Waals surface area (Å²) in [5, 5.41) is 3.64. The Labute approximate surface area is 113 Å². The zero-order valence-corrected chi connectivity index (χ0v) is 12.4. The van der Waals surface area contributed by atoms with E-state index in [0.717, 1.165) is 17.9 Å². The van der Waals surface area contributed by atoms with E-state index >= 15 is 0 Å². The molecule has 104 valence electrons. The second-order valence-corrected chi connectivity index (χ2v) is 7.69. The monoisotopic (exact) mass is 250 g/mol. The zero-order chi connectivity index (χ0) is 12.8. The van der Waals surface area contributed by atoms with Crippen molar-refractivity contribution in [2.45, 2.75) is 64.5 Å². The van der Waals surface area contributed by atoms with Crippen molar-refractivity contribution in [3.63, 3.8) is 0 Å². The zero-order valence-electron chi connectivity index (χ0n) is 12.4. The van der Waals surface area contributed by atoms with Gasteiger partial charge in [0.15, 0.2) is 0 Å². The molecule has 0 spiro atoms. The van der Waals surface area contributed by atoms with Crippen molar-refractivity contribution in [3.8, 4) is 0 Å². The third kappa shape index (κ3) is 2.22. The highest BCUT2D eigenvalue weighted by molar-refractivity contribution is 4.97. The normalized spacial score (nSPS) is 43.5. The summed E-state index contributed by atoms with van der Waals surface area (Å²) < 4.78 is 0. The highest BCUT2D eigenvalue weighted by atomic mass is 15.2. The Morgan fingerprint density at radius 2 is 2.06 bits per heavy atom. The van der Waals surface area contributed by atoms with E-state index in [1.54, 1.807) is 0 Å². The van der Waals surface area contributed by atoms with Crippen LogP contribution in [-0.4, -0.2) is 37.1 Å². The molecule has 2 saturated carbocycles. The first-order valence-corrected chi connectivity index (χ1v) is 8.01. The molecule has 0 radical (unpaired) electrons. The Bertz CT molecular complexity index is 299. The van der Waals surface area contributed by atoms with Gasteiger partial charge < -0.3 is 5.32 Å². The lowest BCUT2D eigenvalue weighted by Gasteiger charge is -2.46. The van der Waals surface area contributed by atoms with Crippen LogP contribution in [0.5, 0.6) is 0 Å². The van der Waals surface area contributed by atoms with Gasteiger partial charge >= 0.3 is 0 Å². The quantitative estimate of drug-likeness (QED) is 0.828. The van der Waals surface area contributed by atoms with Crippen molar-refractivity contribution in [1.82, 2.24) is 10.2 Å². The van der Waals surface area contributed by atoms with Crippen LogP contribution in [0.15, 0.2) is 0 Å². The first-order valence-electron chi connectivity index (χ1n) is 8.01. The van der Waals surface area contributed by atoms with Crippen molar-refractivity contribution in [3.05, 3.63) is 0 Å². The lowest BCUT2D eigenvalue weighted by atomic mass is 9.67. The van der Waals surface area contributed by atoms with Crippen LogP contribution in [0.3, 0.4) is 0 Å². The molecule has 2 heteroatoms. The van der Waals surface area contributed by atoms with Gasteiger partial charge in [0.25, 0.3) is 0 Å². The summed E-state index contributed by atoms with van der Waals surface area (Å²) >= 11 is 0. The summed E-state index contributed by atoms with van der Waals surface area (Å²) in [6.45, 7) is 7.67. The standard InChI is InChI=1S/C16H30N2/c1-16(2)8-4-5-13(15(16)17-3)11-18-10-12-6-7-14(18)9-12/h12-15,17H,4-11H2,1-3H3. The van der Waals surface area contributed by atoms with Gasteiger partial charge in [-0.2, -0.15) is 0 Å². The van der Waals surface area contributed by atoms with Crippen LogP contribution < -0.4 is 5.32 Å². The maximum absolute atomic E-state index is 3.64. The molecule has 0 amide bonds. The van der Waals surface area contributed by atoms with Crippen molar-refractivity contribution in [2.24, 2.45) is 17.3 Å². The van der Waals surface area contributed by atoms with Gasteiger partial charge in [0.05, 0.1) is 0 Å². The van der Waals surface area contributed by atoms with Gasteiger partial charge in [-0.3, -0.25) is 4.90 Å². The number of likely N-dealkylation sites (tertiary alicyclic amines) is 1. The smallest absolute Gasteiger partial charge is 0.0156 e. The topological polar surface area (TPSA) is 15.3 Å². The molecule has 1 aliphatic heterocycles. The van der Waals surface area contributed by atoms with Gasteiger partial charge in [-0.15, -0.1) is 0 Å². The first-order chi connectivity index (χ1) is 8.60. The summed E-state index contributed by atoms with van der Waals surface area (Å²) in [4.78, 5) is 2.82. The van der Waals surface area contributed by atoms with E-state index in [9.17, 15) is 0 Å². The molecule has 2 aliphatic carbocycles. The number of nitrogens with zero attached hydrogens (tertiary/aromatic N) is 1. The second-order valence-electron chi connectivity index (χ2n) is 7.69. The molecule has 3 aliphatic rings. The van der Waals surface area contributed by atoms with Gasteiger partial charge in [-0.25, -0.2) is 0 Å². The number of piperidine rings is 1. The molecule has 18 heavy (non-hydrogen) atoms. The molecule has 1 saturated heterocycles. The van der Waals surface area contributed by atoms with Crippen molar-refractivity contribution in [1.29, 1.82) is 0 Å². The fourth-order valence-corrected chi connectivity index (χ4v) is 5.15. The van der Waals surface area contributed by atoms with Crippen LogP contribution in [0.1, 0.15) is 52.4 Å². The molecular formula is C16H30N2. The van der Waals surface area contributed by atoms with Gasteiger partial charge in [0, 0.05) is 25.2 Å². The molecule has 0 aromatic rings. The summed E-state index contributed by atoms with van der Waals surface area (Å²) in [7, 11) is 2.17. The van der Waals surface area contributed by atoms with E-state index < -0.39 is 0 Å². The van der Waals surface area contributed by atoms with Crippen molar-refractivity contribution < 1.29 is 0 Å². The van der Waals surface area contributed by atoms with Gasteiger partial charge in [-0.05, 0) is 56.4 Å². The predicted molar refractivity (Wildman–Crippen MR) is 76.7 cm³/mol. The van der Waals surface area contributed by atoms with Crippen LogP contribution >= 0.6 is 0 Å². The van der Waals surface area contributed by atoms with E-state index in [0.29, 0.717) is 11.5 Å². The Hall–Kier alpha value is -0.0800. The predicted octanol–water partition coefficient (Wildman–Crippen LogP) is 2.89. The Morgan fingerprint density at radius 1 is 1.22 bits per heavy atom. The molecule has 0 aromatic heterocycles. The van der Waals surface area contributed by atoms with Crippen LogP contribution in [0.4, 0.5) is 0 Å². The van der Waals surface area contributed by atoms with Gasteiger partial charge in [-0.1, -0.05) is 20.3 Å². The molecule has 2 nitrogen and oxygen atoms in total. The van der Waals surface area contributed by atoms with Crippen LogP contribution in [0.2, 0.25) is 0 Å². The maximum atomic E-state index is 3.64. The lowest BCUT2D eigenvalue weighted by molar-refractivity contribution is 0.0732. The number of rotatable bonds is 3. The fraction of sp³-hybridized carbons (Fsp3) is 1.00. The first kappa shape index (κ1) is 12.9. The third-order valence-electron chi connectivity index (χ3n) is 6.01. The Morgan fingerprint density at radius 3 is 2.67 bits per heavy atom. The van der Waals surface area contributed by atoms with Crippen LogP contribution in [0.25, 0.3) is 0 Å². The van der Waals surface area contributed by atoms with E-state index in [1.165, 1.54) is 51.6 Å². The van der Waals surface area contributed by atoms with Crippen LogP contribution in [0, 0.1) is 17.3 Å². The molecule has 1 N–H and O–H groups in total. The Kier molecular flexibility index (Phi) is 3.44. The summed E-state index contributed by atoms with van der Waals surface area (Å²) in [5.41, 5.74) is 0.483. The highest BCUT2D eigenvalue weighted by Crippen LogP contribution is 2.42. The average Bonchev–Trinajstić information content (AvgIpc) is 2.90. The number of fused-ring (bicyclic) bond motifs is 2. The minimum atomic E-state index is 0.483. The van der Waals surface area contributed by atoms with E-state index in [1.807, 2.05) is 0 Å². The maximum Gasteiger partial charge on any atom is 0.0156 e. The number of nitrogens with one attached hydrogen (secondary N) is 1. The number of hydrogen-bond acceptors (Lipinski definition) is 2. The second kappa shape index (κ2) is 4.79. The minimum absolute atomic E-state index is 0.483. The van der Waals surface area contributed by atoms with E-state index in [2.05, 4.69) is 31.1 Å². The number of hydrogen-bond donors (Lipinski definition) is 1. The lowest BCUT2D eigenvalue weighted by Crippen LogP contribution is -2.52. The minimum Gasteiger partial charge on any atom is -0.316 e. The molecule has 0 aromatic carbocycles. The molecule has 4 unspecified atom stereocenters. The summed E-state index contributed by atoms with van der Waals surface area (Å²) in [5.74, 6) is 1.91. The Balaban J connectivity index is 1.64. The largest absolute Gasteiger partial charge is 0.316 e. The molecule has 4 atom stereocenters. The average molecular weight is 250 g/mol.